The molecule has 0 bridgehead atoms. The Morgan fingerprint density at radius 3 is 2.44 bits per heavy atom. The lowest BCUT2D eigenvalue weighted by Crippen LogP contribution is -2.40. The number of rotatable bonds is 2. The summed E-state index contributed by atoms with van der Waals surface area (Å²) in [6.45, 7) is 2.00. The molecule has 2 nitrogen and oxygen atoms in total. The SMILES string of the molecule is CC(N)NC1CCCC1. The Hall–Kier alpha value is -0.0800. The maximum Gasteiger partial charge on any atom is 0.0519 e. The highest BCUT2D eigenvalue weighted by Crippen LogP contribution is 2.17. The van der Waals surface area contributed by atoms with Gasteiger partial charge in [-0.15, -0.1) is 0 Å². The summed E-state index contributed by atoms with van der Waals surface area (Å²) in [6, 6.07) is 0.713. The van der Waals surface area contributed by atoms with Gasteiger partial charge in [-0.3, -0.25) is 5.32 Å². The Bertz CT molecular complexity index is 75.0. The predicted molar refractivity (Wildman–Crippen MR) is 39.0 cm³/mol. The smallest absolute Gasteiger partial charge is 0.0519 e. The summed E-state index contributed by atoms with van der Waals surface area (Å²) in [5, 5.41) is 3.32. The van der Waals surface area contributed by atoms with Crippen LogP contribution in [0.15, 0.2) is 0 Å². The molecule has 2 heteroatoms. The van der Waals surface area contributed by atoms with E-state index < -0.39 is 0 Å². The van der Waals surface area contributed by atoms with Gasteiger partial charge in [0.15, 0.2) is 0 Å². The van der Waals surface area contributed by atoms with Crippen LogP contribution in [0.4, 0.5) is 0 Å². The summed E-state index contributed by atoms with van der Waals surface area (Å²) in [6.07, 6.45) is 5.57. The van der Waals surface area contributed by atoms with Gasteiger partial charge in [0.1, 0.15) is 0 Å². The molecule has 54 valence electrons. The molecule has 1 aliphatic carbocycles. The first-order valence-electron chi connectivity index (χ1n) is 3.80. The highest BCUT2D eigenvalue weighted by Gasteiger charge is 2.14. The van der Waals surface area contributed by atoms with Crippen molar-refractivity contribution in [1.29, 1.82) is 0 Å². The molecule has 0 aromatic carbocycles. The van der Waals surface area contributed by atoms with E-state index in [1.165, 1.54) is 25.7 Å². The molecule has 0 aromatic heterocycles. The van der Waals surface area contributed by atoms with E-state index in [1.54, 1.807) is 0 Å². The third-order valence-electron chi connectivity index (χ3n) is 1.85. The minimum absolute atomic E-state index is 0.174. The van der Waals surface area contributed by atoms with Crippen LogP contribution < -0.4 is 11.1 Å². The van der Waals surface area contributed by atoms with Crippen LogP contribution in [0, 0.1) is 0 Å². The molecule has 0 heterocycles. The van der Waals surface area contributed by atoms with Gasteiger partial charge in [0.05, 0.1) is 6.17 Å². The molecular formula is C7H16N2. The Labute approximate surface area is 56.8 Å². The van der Waals surface area contributed by atoms with Gasteiger partial charge >= 0.3 is 0 Å². The average Bonchev–Trinajstić information content (AvgIpc) is 2.15. The minimum atomic E-state index is 0.174. The van der Waals surface area contributed by atoms with Gasteiger partial charge < -0.3 is 5.73 Å². The zero-order valence-corrected chi connectivity index (χ0v) is 6.06. The maximum absolute atomic E-state index is 5.56. The lowest BCUT2D eigenvalue weighted by Gasteiger charge is -2.14. The van der Waals surface area contributed by atoms with Crippen molar-refractivity contribution in [3.8, 4) is 0 Å². The molecule has 0 aromatic rings. The van der Waals surface area contributed by atoms with Crippen LogP contribution in [0.25, 0.3) is 0 Å². The molecule has 1 atom stereocenters. The van der Waals surface area contributed by atoms with Crippen molar-refractivity contribution in [2.24, 2.45) is 5.73 Å². The first kappa shape index (κ1) is 7.03. The van der Waals surface area contributed by atoms with E-state index in [1.807, 2.05) is 6.92 Å². The van der Waals surface area contributed by atoms with E-state index in [0.717, 1.165) is 0 Å². The highest BCUT2D eigenvalue weighted by molar-refractivity contribution is 4.74. The van der Waals surface area contributed by atoms with Crippen LogP contribution in [-0.2, 0) is 0 Å². The summed E-state index contributed by atoms with van der Waals surface area (Å²) in [5.74, 6) is 0. The molecule has 0 spiro atoms. The first-order valence-corrected chi connectivity index (χ1v) is 3.80. The Morgan fingerprint density at radius 2 is 2.00 bits per heavy atom. The van der Waals surface area contributed by atoms with E-state index in [9.17, 15) is 0 Å². The van der Waals surface area contributed by atoms with Crippen molar-refractivity contribution in [3.63, 3.8) is 0 Å². The summed E-state index contributed by atoms with van der Waals surface area (Å²) in [4.78, 5) is 0. The molecule has 1 unspecified atom stereocenters. The second kappa shape index (κ2) is 3.18. The molecular weight excluding hydrogens is 112 g/mol. The van der Waals surface area contributed by atoms with E-state index in [4.69, 9.17) is 5.73 Å². The molecule has 0 amide bonds. The average molecular weight is 128 g/mol. The van der Waals surface area contributed by atoms with Crippen molar-refractivity contribution in [2.45, 2.75) is 44.8 Å². The van der Waals surface area contributed by atoms with Gasteiger partial charge in [-0.05, 0) is 19.8 Å². The van der Waals surface area contributed by atoms with Crippen LogP contribution in [-0.4, -0.2) is 12.2 Å². The Morgan fingerprint density at radius 1 is 1.44 bits per heavy atom. The molecule has 1 rings (SSSR count). The van der Waals surface area contributed by atoms with Crippen molar-refractivity contribution in [1.82, 2.24) is 5.32 Å². The third kappa shape index (κ3) is 2.33. The second-order valence-corrected chi connectivity index (χ2v) is 2.94. The van der Waals surface area contributed by atoms with Gasteiger partial charge in [0, 0.05) is 6.04 Å². The molecule has 0 saturated heterocycles. The van der Waals surface area contributed by atoms with E-state index in [0.29, 0.717) is 6.04 Å². The van der Waals surface area contributed by atoms with Crippen LogP contribution in [0.5, 0.6) is 0 Å². The molecule has 9 heavy (non-hydrogen) atoms. The monoisotopic (exact) mass is 128 g/mol. The van der Waals surface area contributed by atoms with Gasteiger partial charge in [0.2, 0.25) is 0 Å². The van der Waals surface area contributed by atoms with Crippen LogP contribution >= 0.6 is 0 Å². The summed E-state index contributed by atoms with van der Waals surface area (Å²) >= 11 is 0. The summed E-state index contributed by atoms with van der Waals surface area (Å²) < 4.78 is 0. The number of hydrogen-bond acceptors (Lipinski definition) is 2. The fourth-order valence-corrected chi connectivity index (χ4v) is 1.46. The molecule has 1 fully saturated rings. The van der Waals surface area contributed by atoms with Crippen molar-refractivity contribution >= 4 is 0 Å². The Balaban J connectivity index is 2.11. The topological polar surface area (TPSA) is 38.0 Å². The zero-order valence-electron chi connectivity index (χ0n) is 6.06. The van der Waals surface area contributed by atoms with Crippen molar-refractivity contribution in [3.05, 3.63) is 0 Å². The number of nitrogens with two attached hydrogens (primary N) is 1. The molecule has 3 N–H and O–H groups in total. The lowest BCUT2D eigenvalue weighted by molar-refractivity contribution is 0.459. The van der Waals surface area contributed by atoms with Gasteiger partial charge in [0.25, 0.3) is 0 Å². The summed E-state index contributed by atoms with van der Waals surface area (Å²) in [7, 11) is 0. The van der Waals surface area contributed by atoms with Crippen molar-refractivity contribution < 1.29 is 0 Å². The van der Waals surface area contributed by atoms with Crippen LogP contribution in [0.1, 0.15) is 32.6 Å². The second-order valence-electron chi connectivity index (χ2n) is 2.94. The zero-order chi connectivity index (χ0) is 6.69. The largest absolute Gasteiger partial charge is 0.316 e. The highest BCUT2D eigenvalue weighted by atomic mass is 15.0. The molecule has 1 aliphatic rings. The fourth-order valence-electron chi connectivity index (χ4n) is 1.46. The number of hydrogen-bond donors (Lipinski definition) is 2. The van der Waals surface area contributed by atoms with E-state index >= 15 is 0 Å². The van der Waals surface area contributed by atoms with Crippen LogP contribution in [0.2, 0.25) is 0 Å². The predicted octanol–water partition coefficient (Wildman–Crippen LogP) is 0.823. The first-order chi connectivity index (χ1) is 4.29. The van der Waals surface area contributed by atoms with Gasteiger partial charge in [-0.25, -0.2) is 0 Å². The minimum Gasteiger partial charge on any atom is -0.316 e. The normalized spacial score (nSPS) is 24.7. The quantitative estimate of drug-likeness (QED) is 0.540. The Kier molecular flexibility index (Phi) is 2.49. The van der Waals surface area contributed by atoms with Gasteiger partial charge in [-0.1, -0.05) is 12.8 Å². The van der Waals surface area contributed by atoms with Gasteiger partial charge in [-0.2, -0.15) is 0 Å². The maximum atomic E-state index is 5.56. The molecule has 0 aliphatic heterocycles. The van der Waals surface area contributed by atoms with Crippen molar-refractivity contribution in [2.75, 3.05) is 0 Å². The fraction of sp³-hybridized carbons (Fsp3) is 1.00. The lowest BCUT2D eigenvalue weighted by atomic mass is 10.2. The molecule has 1 saturated carbocycles. The summed E-state index contributed by atoms with van der Waals surface area (Å²) in [5.41, 5.74) is 5.56. The standard InChI is InChI=1S/C7H16N2/c1-6(8)9-7-4-2-3-5-7/h6-7,9H,2-5,8H2,1H3. The van der Waals surface area contributed by atoms with E-state index in [2.05, 4.69) is 5.32 Å². The number of nitrogens with one attached hydrogen (secondary N) is 1. The third-order valence-corrected chi connectivity index (χ3v) is 1.85. The molecule has 0 radical (unpaired) electrons. The van der Waals surface area contributed by atoms with E-state index in [-0.39, 0.29) is 6.17 Å². The van der Waals surface area contributed by atoms with Crippen LogP contribution in [0.3, 0.4) is 0 Å².